The first-order valence-corrected chi connectivity index (χ1v) is 10.3. The summed E-state index contributed by atoms with van der Waals surface area (Å²) in [6, 6.07) is 10.6. The van der Waals surface area contributed by atoms with Gasteiger partial charge in [0.15, 0.2) is 22.5 Å². The van der Waals surface area contributed by atoms with Gasteiger partial charge in [-0.15, -0.1) is 16.8 Å². The van der Waals surface area contributed by atoms with Crippen LogP contribution in [0.5, 0.6) is 5.75 Å². The fraction of sp³-hybridized carbons (Fsp3) is 0.190. The van der Waals surface area contributed by atoms with Crippen molar-refractivity contribution in [2.75, 3.05) is 11.1 Å². The molecule has 0 atom stereocenters. The highest BCUT2D eigenvalue weighted by Gasteiger charge is 2.33. The van der Waals surface area contributed by atoms with E-state index in [1.807, 2.05) is 0 Å². The molecule has 0 saturated heterocycles. The number of hydrogen-bond donors (Lipinski definition) is 1. The average molecular weight is 466 g/mol. The van der Waals surface area contributed by atoms with E-state index in [1.54, 1.807) is 16.7 Å². The van der Waals surface area contributed by atoms with Crippen molar-refractivity contribution in [3.05, 3.63) is 78.4 Å². The molecule has 0 saturated carbocycles. The zero-order valence-electron chi connectivity index (χ0n) is 16.6. The van der Waals surface area contributed by atoms with Crippen LogP contribution in [0.3, 0.4) is 0 Å². The lowest BCUT2D eigenvalue weighted by Gasteiger charge is -2.13. The first-order chi connectivity index (χ1) is 15.3. The lowest BCUT2D eigenvalue weighted by molar-refractivity contribution is -0.137. The summed E-state index contributed by atoms with van der Waals surface area (Å²) >= 11 is 0.992. The number of amides is 1. The van der Waals surface area contributed by atoms with E-state index in [2.05, 4.69) is 22.1 Å². The molecular formula is C21H18F4N4O2S. The normalized spacial score (nSPS) is 11.2. The van der Waals surface area contributed by atoms with E-state index < -0.39 is 23.5 Å². The third kappa shape index (κ3) is 5.88. The Morgan fingerprint density at radius 3 is 2.59 bits per heavy atom. The maximum atomic E-state index is 13.7. The molecule has 3 rings (SSSR count). The molecule has 1 N–H and O–H groups in total. The van der Waals surface area contributed by atoms with Gasteiger partial charge in [-0.05, 0) is 24.3 Å². The highest BCUT2D eigenvalue weighted by molar-refractivity contribution is 7.99. The molecule has 0 aliphatic heterocycles. The number of nitrogens with zero attached hydrogens (tertiary/aromatic N) is 3. The van der Waals surface area contributed by atoms with Crippen LogP contribution in [0.4, 0.5) is 23.2 Å². The van der Waals surface area contributed by atoms with Gasteiger partial charge in [0.2, 0.25) is 5.91 Å². The predicted molar refractivity (Wildman–Crippen MR) is 112 cm³/mol. The Balaban J connectivity index is 1.66. The summed E-state index contributed by atoms with van der Waals surface area (Å²) in [6.45, 7) is 3.88. The molecule has 0 unspecified atom stereocenters. The number of carbonyl (C=O) groups is 1. The number of thioether (sulfide) groups is 1. The molecule has 2 aromatic carbocycles. The number of carbonyl (C=O) groups excluding carboxylic acids is 1. The second kappa shape index (κ2) is 10.3. The molecule has 6 nitrogen and oxygen atoms in total. The number of allylic oxidation sites excluding steroid dienone is 1. The summed E-state index contributed by atoms with van der Waals surface area (Å²) in [7, 11) is 0. The molecule has 32 heavy (non-hydrogen) atoms. The molecule has 11 heteroatoms. The standard InChI is InChI=1S/C21H18F4N4O2S/c1-2-11-29-18(12-31-17-10-6-4-8-15(17)22)27-28-20(29)32-13-19(30)26-16-9-5-3-7-14(16)21(23,24)25/h2-10H,1,11-13H2,(H,26,30). The molecule has 1 amide bonds. The van der Waals surface area contributed by atoms with E-state index in [0.717, 1.165) is 17.8 Å². The maximum Gasteiger partial charge on any atom is 0.418 e. The minimum Gasteiger partial charge on any atom is -0.483 e. The number of benzene rings is 2. The van der Waals surface area contributed by atoms with Crippen LogP contribution in [0.2, 0.25) is 0 Å². The van der Waals surface area contributed by atoms with E-state index in [-0.39, 0.29) is 23.8 Å². The monoisotopic (exact) mass is 466 g/mol. The highest BCUT2D eigenvalue weighted by atomic mass is 32.2. The second-order valence-corrected chi connectivity index (χ2v) is 7.34. The third-order valence-electron chi connectivity index (χ3n) is 4.14. The molecule has 0 aliphatic carbocycles. The van der Waals surface area contributed by atoms with Gasteiger partial charge in [0.05, 0.1) is 17.0 Å². The first-order valence-electron chi connectivity index (χ1n) is 9.28. The molecule has 168 valence electrons. The van der Waals surface area contributed by atoms with Crippen LogP contribution in [-0.2, 0) is 24.1 Å². The van der Waals surface area contributed by atoms with E-state index in [1.165, 1.54) is 36.4 Å². The van der Waals surface area contributed by atoms with Crippen LogP contribution in [0, 0.1) is 5.82 Å². The summed E-state index contributed by atoms with van der Waals surface area (Å²) < 4.78 is 60.1. The summed E-state index contributed by atoms with van der Waals surface area (Å²) in [5.41, 5.74) is -1.25. The predicted octanol–water partition coefficient (Wildman–Crippen LogP) is 4.93. The van der Waals surface area contributed by atoms with Gasteiger partial charge >= 0.3 is 6.18 Å². The molecule has 3 aromatic rings. The van der Waals surface area contributed by atoms with Crippen molar-refractivity contribution in [2.24, 2.45) is 0 Å². The van der Waals surface area contributed by atoms with Gasteiger partial charge in [0.1, 0.15) is 6.61 Å². The zero-order valence-corrected chi connectivity index (χ0v) is 17.4. The van der Waals surface area contributed by atoms with Gasteiger partial charge < -0.3 is 10.1 Å². The number of halogens is 4. The molecule has 0 radical (unpaired) electrons. The van der Waals surface area contributed by atoms with E-state index >= 15 is 0 Å². The second-order valence-electron chi connectivity index (χ2n) is 6.40. The smallest absolute Gasteiger partial charge is 0.418 e. The van der Waals surface area contributed by atoms with E-state index in [9.17, 15) is 22.4 Å². The topological polar surface area (TPSA) is 69.0 Å². The van der Waals surface area contributed by atoms with Crippen LogP contribution in [0.1, 0.15) is 11.4 Å². The Labute approximate surface area is 185 Å². The lowest BCUT2D eigenvalue weighted by Crippen LogP contribution is -2.18. The van der Waals surface area contributed by atoms with Crippen LogP contribution >= 0.6 is 11.8 Å². The van der Waals surface area contributed by atoms with Gasteiger partial charge in [0.25, 0.3) is 0 Å². The Kier molecular flexibility index (Phi) is 7.52. The van der Waals surface area contributed by atoms with E-state index in [0.29, 0.717) is 17.5 Å². The van der Waals surface area contributed by atoms with E-state index in [4.69, 9.17) is 4.74 Å². The van der Waals surface area contributed by atoms with Crippen LogP contribution in [0.25, 0.3) is 0 Å². The molecule has 1 heterocycles. The SMILES string of the molecule is C=CCn1c(COc2ccccc2F)nnc1SCC(=O)Nc1ccccc1C(F)(F)F. The minimum absolute atomic E-state index is 0.0533. The van der Waals surface area contributed by atoms with Crippen LogP contribution < -0.4 is 10.1 Å². The van der Waals surface area contributed by atoms with Crippen molar-refractivity contribution in [3.63, 3.8) is 0 Å². The molecule has 0 bridgehead atoms. The van der Waals surface area contributed by atoms with Crippen molar-refractivity contribution < 1.29 is 27.1 Å². The molecule has 0 spiro atoms. The number of rotatable bonds is 9. The number of nitrogens with one attached hydrogen (secondary N) is 1. The van der Waals surface area contributed by atoms with Gasteiger partial charge in [-0.1, -0.05) is 42.1 Å². The number of ether oxygens (including phenoxy) is 1. The summed E-state index contributed by atoms with van der Waals surface area (Å²) in [6.07, 6.45) is -3.01. The Morgan fingerprint density at radius 2 is 1.88 bits per heavy atom. The minimum atomic E-state index is -4.59. The zero-order chi connectivity index (χ0) is 23.1. The van der Waals surface area contributed by atoms with Gasteiger partial charge in [-0.2, -0.15) is 13.2 Å². The Bertz CT molecular complexity index is 1100. The van der Waals surface area contributed by atoms with Crippen molar-refractivity contribution in [1.82, 2.24) is 14.8 Å². The van der Waals surface area contributed by atoms with Crippen molar-refractivity contribution in [1.29, 1.82) is 0 Å². The molecular weight excluding hydrogens is 448 g/mol. The van der Waals surface area contributed by atoms with Gasteiger partial charge in [-0.25, -0.2) is 4.39 Å². The fourth-order valence-electron chi connectivity index (χ4n) is 2.70. The van der Waals surface area contributed by atoms with Crippen molar-refractivity contribution in [2.45, 2.75) is 24.5 Å². The number of alkyl halides is 3. The Hall–Kier alpha value is -3.34. The van der Waals surface area contributed by atoms with Crippen molar-refractivity contribution in [3.8, 4) is 5.75 Å². The first kappa shape index (κ1) is 23.3. The summed E-state index contributed by atoms with van der Waals surface area (Å²) in [5, 5.41) is 10.6. The third-order valence-corrected chi connectivity index (χ3v) is 5.10. The molecule has 1 aromatic heterocycles. The average Bonchev–Trinajstić information content (AvgIpc) is 3.13. The van der Waals surface area contributed by atoms with Gasteiger partial charge in [-0.3, -0.25) is 9.36 Å². The highest BCUT2D eigenvalue weighted by Crippen LogP contribution is 2.34. The van der Waals surface area contributed by atoms with Gasteiger partial charge in [0, 0.05) is 6.54 Å². The quantitative estimate of drug-likeness (QED) is 0.275. The number of anilines is 1. The summed E-state index contributed by atoms with van der Waals surface area (Å²) in [4.78, 5) is 12.2. The van der Waals surface area contributed by atoms with Crippen molar-refractivity contribution >= 4 is 23.4 Å². The number of para-hydroxylation sites is 2. The number of hydrogen-bond acceptors (Lipinski definition) is 5. The molecule has 0 aliphatic rings. The fourth-order valence-corrected chi connectivity index (χ4v) is 3.47. The summed E-state index contributed by atoms with van der Waals surface area (Å²) in [5.74, 6) is -0.928. The molecule has 0 fully saturated rings. The van der Waals surface area contributed by atoms with Crippen LogP contribution in [0.15, 0.2) is 66.3 Å². The van der Waals surface area contributed by atoms with Crippen LogP contribution in [-0.4, -0.2) is 26.4 Å². The Morgan fingerprint density at radius 1 is 1.16 bits per heavy atom. The lowest BCUT2D eigenvalue weighted by atomic mass is 10.1. The largest absolute Gasteiger partial charge is 0.483 e. The number of aromatic nitrogens is 3. The maximum absolute atomic E-state index is 13.7.